The Morgan fingerprint density at radius 2 is 1.73 bits per heavy atom. The van der Waals surface area contributed by atoms with Crippen LogP contribution < -0.4 is 4.74 Å². The molecule has 0 aromatic heterocycles. The van der Waals surface area contributed by atoms with Crippen molar-refractivity contribution < 1.29 is 17.9 Å². The zero-order chi connectivity index (χ0) is 11.5. The van der Waals surface area contributed by atoms with Crippen LogP contribution in [0.2, 0.25) is 0 Å². The van der Waals surface area contributed by atoms with Crippen LogP contribution in [0.4, 0.5) is 13.2 Å². The summed E-state index contributed by atoms with van der Waals surface area (Å²) in [5.74, 6) is -0.181. The van der Waals surface area contributed by atoms with Crippen LogP contribution in [0.1, 0.15) is 17.7 Å². The maximum absolute atomic E-state index is 11.8. The summed E-state index contributed by atoms with van der Waals surface area (Å²) in [5, 5.41) is 0.268. The zero-order valence-electron chi connectivity index (χ0n) is 8.34. The van der Waals surface area contributed by atoms with Crippen LogP contribution in [0.5, 0.6) is 5.75 Å². The Morgan fingerprint density at radius 3 is 2.13 bits per heavy atom. The lowest BCUT2D eigenvalue weighted by atomic mass is 10.2. The molecule has 0 heterocycles. The number of hydrogen-bond donors (Lipinski definition) is 0. The van der Waals surface area contributed by atoms with Crippen molar-refractivity contribution in [1.29, 1.82) is 0 Å². The van der Waals surface area contributed by atoms with Crippen LogP contribution in [0, 0.1) is 0 Å². The first kappa shape index (κ1) is 12.2. The molecule has 1 atom stereocenters. The van der Waals surface area contributed by atoms with Crippen molar-refractivity contribution in [3.05, 3.63) is 29.8 Å². The van der Waals surface area contributed by atoms with E-state index >= 15 is 0 Å². The highest BCUT2D eigenvalue weighted by Gasteiger charge is 2.30. The molecule has 0 aliphatic heterocycles. The molecule has 1 aromatic carbocycles. The van der Waals surface area contributed by atoms with E-state index in [2.05, 4.69) is 4.74 Å². The van der Waals surface area contributed by atoms with Gasteiger partial charge in [0.05, 0.1) is 0 Å². The summed E-state index contributed by atoms with van der Waals surface area (Å²) in [7, 11) is 0. The van der Waals surface area contributed by atoms with Crippen molar-refractivity contribution in [1.82, 2.24) is 0 Å². The average Bonchev–Trinajstić information content (AvgIpc) is 2.15. The molecular formula is C10H11F3OS. The SMILES string of the molecule is CSC(C)c1ccc(OC(F)(F)F)cc1. The molecule has 0 saturated carbocycles. The molecule has 0 saturated heterocycles. The minimum absolute atomic E-state index is 0.181. The Morgan fingerprint density at radius 1 is 1.20 bits per heavy atom. The van der Waals surface area contributed by atoms with Crippen LogP contribution in [-0.2, 0) is 0 Å². The highest BCUT2D eigenvalue weighted by atomic mass is 32.2. The summed E-state index contributed by atoms with van der Waals surface area (Å²) in [6.07, 6.45) is -2.67. The van der Waals surface area contributed by atoms with Crippen molar-refractivity contribution in [2.75, 3.05) is 6.26 Å². The molecule has 0 spiro atoms. The Kier molecular flexibility index (Phi) is 3.90. The quantitative estimate of drug-likeness (QED) is 0.784. The van der Waals surface area contributed by atoms with Gasteiger partial charge in [0.2, 0.25) is 0 Å². The minimum Gasteiger partial charge on any atom is -0.406 e. The average molecular weight is 236 g/mol. The Balaban J connectivity index is 2.72. The summed E-state index contributed by atoms with van der Waals surface area (Å²) in [6, 6.07) is 5.94. The van der Waals surface area contributed by atoms with E-state index < -0.39 is 6.36 Å². The van der Waals surface area contributed by atoms with Gasteiger partial charge in [0, 0.05) is 5.25 Å². The van der Waals surface area contributed by atoms with Gasteiger partial charge >= 0.3 is 6.36 Å². The lowest BCUT2D eigenvalue weighted by Crippen LogP contribution is -2.17. The van der Waals surface area contributed by atoms with Gasteiger partial charge in [-0.2, -0.15) is 11.8 Å². The molecule has 0 aliphatic carbocycles. The minimum atomic E-state index is -4.62. The molecule has 0 bridgehead atoms. The van der Waals surface area contributed by atoms with Gasteiger partial charge in [0.15, 0.2) is 0 Å². The third-order valence-electron chi connectivity index (χ3n) is 1.94. The van der Waals surface area contributed by atoms with Crippen molar-refractivity contribution in [3.63, 3.8) is 0 Å². The van der Waals surface area contributed by atoms with E-state index in [1.807, 2.05) is 13.2 Å². The van der Waals surface area contributed by atoms with Crippen LogP contribution >= 0.6 is 11.8 Å². The fourth-order valence-corrected chi connectivity index (χ4v) is 1.51. The van der Waals surface area contributed by atoms with E-state index in [4.69, 9.17) is 0 Å². The summed E-state index contributed by atoms with van der Waals surface area (Å²) < 4.78 is 39.3. The number of rotatable bonds is 3. The predicted molar refractivity (Wildman–Crippen MR) is 55.1 cm³/mol. The summed E-state index contributed by atoms with van der Waals surface area (Å²) in [4.78, 5) is 0. The zero-order valence-corrected chi connectivity index (χ0v) is 9.15. The molecule has 0 radical (unpaired) electrons. The van der Waals surface area contributed by atoms with Gasteiger partial charge in [-0.3, -0.25) is 0 Å². The number of ether oxygens (including phenoxy) is 1. The Hall–Kier alpha value is -0.840. The molecule has 1 aromatic rings. The lowest BCUT2D eigenvalue weighted by Gasteiger charge is -2.11. The largest absolute Gasteiger partial charge is 0.573 e. The van der Waals surface area contributed by atoms with Gasteiger partial charge in [0.25, 0.3) is 0 Å². The maximum atomic E-state index is 11.8. The molecule has 1 unspecified atom stereocenters. The highest BCUT2D eigenvalue weighted by Crippen LogP contribution is 2.28. The first-order valence-electron chi connectivity index (χ1n) is 4.31. The molecule has 84 valence electrons. The van der Waals surface area contributed by atoms with E-state index in [1.54, 1.807) is 23.9 Å². The van der Waals surface area contributed by atoms with Crippen LogP contribution in [0.15, 0.2) is 24.3 Å². The van der Waals surface area contributed by atoms with Crippen molar-refractivity contribution in [3.8, 4) is 5.75 Å². The number of benzene rings is 1. The smallest absolute Gasteiger partial charge is 0.406 e. The van der Waals surface area contributed by atoms with Gasteiger partial charge in [-0.15, -0.1) is 13.2 Å². The topological polar surface area (TPSA) is 9.23 Å². The molecule has 15 heavy (non-hydrogen) atoms. The molecule has 0 amide bonds. The van der Waals surface area contributed by atoms with E-state index in [1.165, 1.54) is 12.1 Å². The summed E-state index contributed by atoms with van der Waals surface area (Å²) in [5.41, 5.74) is 0.983. The monoisotopic (exact) mass is 236 g/mol. The van der Waals surface area contributed by atoms with E-state index in [0.29, 0.717) is 0 Å². The van der Waals surface area contributed by atoms with Gasteiger partial charge in [-0.1, -0.05) is 12.1 Å². The molecule has 0 aliphatic rings. The normalized spacial score (nSPS) is 13.7. The van der Waals surface area contributed by atoms with Gasteiger partial charge < -0.3 is 4.74 Å². The van der Waals surface area contributed by atoms with Crippen LogP contribution in [0.3, 0.4) is 0 Å². The Bertz CT molecular complexity index is 307. The number of halogens is 3. The van der Waals surface area contributed by atoms with Crippen molar-refractivity contribution >= 4 is 11.8 Å². The molecular weight excluding hydrogens is 225 g/mol. The van der Waals surface area contributed by atoms with Gasteiger partial charge in [-0.25, -0.2) is 0 Å². The second kappa shape index (κ2) is 4.79. The molecule has 5 heteroatoms. The van der Waals surface area contributed by atoms with Crippen molar-refractivity contribution in [2.24, 2.45) is 0 Å². The van der Waals surface area contributed by atoms with Crippen LogP contribution in [-0.4, -0.2) is 12.6 Å². The summed E-state index contributed by atoms with van der Waals surface area (Å²) >= 11 is 1.63. The van der Waals surface area contributed by atoms with Crippen molar-refractivity contribution in [2.45, 2.75) is 18.5 Å². The standard InChI is InChI=1S/C10H11F3OS/c1-7(15-2)8-3-5-9(6-4-8)14-10(11,12)13/h3-7H,1-2H3. The van der Waals surface area contributed by atoms with E-state index in [-0.39, 0.29) is 11.0 Å². The maximum Gasteiger partial charge on any atom is 0.573 e. The first-order valence-corrected chi connectivity index (χ1v) is 5.59. The fraction of sp³-hybridized carbons (Fsp3) is 0.400. The summed E-state index contributed by atoms with van der Waals surface area (Å²) in [6.45, 7) is 1.99. The Labute approximate surface area is 90.6 Å². The van der Waals surface area contributed by atoms with Gasteiger partial charge in [0.1, 0.15) is 5.75 Å². The number of hydrogen-bond acceptors (Lipinski definition) is 2. The lowest BCUT2D eigenvalue weighted by molar-refractivity contribution is -0.274. The first-order chi connectivity index (χ1) is 6.92. The van der Waals surface area contributed by atoms with Crippen LogP contribution in [0.25, 0.3) is 0 Å². The molecule has 1 rings (SSSR count). The van der Waals surface area contributed by atoms with Gasteiger partial charge in [-0.05, 0) is 30.9 Å². The highest BCUT2D eigenvalue weighted by molar-refractivity contribution is 7.98. The predicted octanol–water partition coefficient (Wildman–Crippen LogP) is 4.01. The fourth-order valence-electron chi connectivity index (χ4n) is 1.08. The number of alkyl halides is 3. The third-order valence-corrected chi connectivity index (χ3v) is 2.92. The molecule has 1 nitrogen and oxygen atoms in total. The van der Waals surface area contributed by atoms with E-state index in [0.717, 1.165) is 5.56 Å². The molecule has 0 N–H and O–H groups in total. The molecule has 0 fully saturated rings. The third kappa shape index (κ3) is 4.03. The number of thioether (sulfide) groups is 1. The second-order valence-corrected chi connectivity index (χ2v) is 4.17. The second-order valence-electron chi connectivity index (χ2n) is 2.99. The van der Waals surface area contributed by atoms with E-state index in [9.17, 15) is 13.2 Å².